The van der Waals surface area contributed by atoms with Gasteiger partial charge in [0.2, 0.25) is 0 Å². The van der Waals surface area contributed by atoms with Crippen LogP contribution in [0.15, 0.2) is 61.3 Å². The van der Waals surface area contributed by atoms with Gasteiger partial charge in [0.05, 0.1) is 23.7 Å². The molecule has 3 N–H and O–H groups in total. The predicted octanol–water partition coefficient (Wildman–Crippen LogP) is 3.70. The molecule has 5 aromatic rings. The standard InChI is InChI=1S/C20H16N6O/c1-26-10-19(22-11-26)20(27)24-17-7-12(8-18-15(17)9-23-25-18)13-3-2-4-16-14(13)5-6-21-16/h2-11,21H,1H3,(H,23,25)(H,24,27). The van der Waals surface area contributed by atoms with Gasteiger partial charge in [-0.1, -0.05) is 12.1 Å². The van der Waals surface area contributed by atoms with Gasteiger partial charge in [-0.15, -0.1) is 0 Å². The van der Waals surface area contributed by atoms with E-state index in [4.69, 9.17) is 0 Å². The minimum Gasteiger partial charge on any atom is -0.361 e. The molecule has 0 aliphatic heterocycles. The number of H-pyrrole nitrogens is 2. The van der Waals surface area contributed by atoms with E-state index in [0.717, 1.165) is 32.9 Å². The molecule has 0 fully saturated rings. The molecule has 0 atom stereocenters. The molecule has 3 heterocycles. The molecule has 7 heteroatoms. The van der Waals surface area contributed by atoms with E-state index in [-0.39, 0.29) is 5.91 Å². The Morgan fingerprint density at radius 1 is 1.15 bits per heavy atom. The van der Waals surface area contributed by atoms with Crippen LogP contribution in [0.1, 0.15) is 10.5 Å². The van der Waals surface area contributed by atoms with Crippen molar-refractivity contribution in [2.45, 2.75) is 0 Å². The molecule has 0 spiro atoms. The highest BCUT2D eigenvalue weighted by atomic mass is 16.1. The first-order chi connectivity index (χ1) is 13.2. The van der Waals surface area contributed by atoms with Crippen LogP contribution in [0, 0.1) is 0 Å². The van der Waals surface area contributed by atoms with Crippen LogP contribution in [0.25, 0.3) is 32.9 Å². The van der Waals surface area contributed by atoms with Crippen LogP contribution in [0.3, 0.4) is 0 Å². The highest BCUT2D eigenvalue weighted by Gasteiger charge is 2.14. The Kier molecular flexibility index (Phi) is 3.33. The van der Waals surface area contributed by atoms with Gasteiger partial charge in [-0.2, -0.15) is 5.10 Å². The zero-order valence-corrected chi connectivity index (χ0v) is 14.5. The number of nitrogens with one attached hydrogen (secondary N) is 3. The van der Waals surface area contributed by atoms with E-state index in [1.807, 2.05) is 43.6 Å². The van der Waals surface area contributed by atoms with Gasteiger partial charge in [0.1, 0.15) is 5.69 Å². The van der Waals surface area contributed by atoms with Crippen molar-refractivity contribution in [1.82, 2.24) is 24.7 Å². The number of aromatic nitrogens is 5. The van der Waals surface area contributed by atoms with Crippen molar-refractivity contribution in [3.63, 3.8) is 0 Å². The maximum Gasteiger partial charge on any atom is 0.275 e. The van der Waals surface area contributed by atoms with Crippen molar-refractivity contribution >= 4 is 33.4 Å². The third-order valence-corrected chi connectivity index (χ3v) is 4.65. The molecule has 2 aromatic carbocycles. The molecule has 1 amide bonds. The molecule has 5 rings (SSSR count). The largest absolute Gasteiger partial charge is 0.361 e. The molecule has 0 radical (unpaired) electrons. The number of rotatable bonds is 3. The van der Waals surface area contributed by atoms with Crippen molar-refractivity contribution in [3.05, 3.63) is 67.0 Å². The van der Waals surface area contributed by atoms with Gasteiger partial charge in [-0.05, 0) is 35.4 Å². The number of carbonyl (C=O) groups is 1. The highest BCUT2D eigenvalue weighted by Crippen LogP contribution is 2.34. The summed E-state index contributed by atoms with van der Waals surface area (Å²) in [5, 5.41) is 12.1. The molecule has 0 saturated carbocycles. The number of carbonyl (C=O) groups excluding carboxylic acids is 1. The maximum absolute atomic E-state index is 12.6. The van der Waals surface area contributed by atoms with E-state index in [9.17, 15) is 4.79 Å². The number of hydrogen-bond donors (Lipinski definition) is 3. The molecule has 0 aliphatic rings. The van der Waals surface area contributed by atoms with Crippen molar-refractivity contribution < 1.29 is 4.79 Å². The van der Waals surface area contributed by atoms with Crippen LogP contribution in [0.5, 0.6) is 0 Å². The van der Waals surface area contributed by atoms with Gasteiger partial charge < -0.3 is 14.9 Å². The lowest BCUT2D eigenvalue weighted by Gasteiger charge is -2.10. The molecule has 0 saturated heterocycles. The lowest BCUT2D eigenvalue weighted by atomic mass is 9.99. The van der Waals surface area contributed by atoms with Gasteiger partial charge >= 0.3 is 0 Å². The Morgan fingerprint density at radius 3 is 2.93 bits per heavy atom. The zero-order chi connectivity index (χ0) is 18.4. The first-order valence-electron chi connectivity index (χ1n) is 8.52. The van der Waals surface area contributed by atoms with Crippen molar-refractivity contribution in [3.8, 4) is 11.1 Å². The van der Waals surface area contributed by atoms with Gasteiger partial charge in [0.15, 0.2) is 0 Å². The van der Waals surface area contributed by atoms with Gasteiger partial charge in [-0.25, -0.2) is 4.98 Å². The number of benzene rings is 2. The molecule has 27 heavy (non-hydrogen) atoms. The number of hydrogen-bond acceptors (Lipinski definition) is 3. The summed E-state index contributed by atoms with van der Waals surface area (Å²) in [4.78, 5) is 19.9. The second-order valence-corrected chi connectivity index (χ2v) is 6.48. The Morgan fingerprint density at radius 2 is 2.07 bits per heavy atom. The van der Waals surface area contributed by atoms with Crippen LogP contribution >= 0.6 is 0 Å². The van der Waals surface area contributed by atoms with Crippen LogP contribution in [-0.4, -0.2) is 30.6 Å². The van der Waals surface area contributed by atoms with Crippen molar-refractivity contribution in [2.24, 2.45) is 7.05 Å². The summed E-state index contributed by atoms with van der Waals surface area (Å²) in [7, 11) is 1.83. The van der Waals surface area contributed by atoms with E-state index >= 15 is 0 Å². The number of aryl methyl sites for hydroxylation is 1. The highest BCUT2D eigenvalue weighted by molar-refractivity contribution is 6.09. The fourth-order valence-corrected chi connectivity index (χ4v) is 3.36. The third-order valence-electron chi connectivity index (χ3n) is 4.65. The number of aromatic amines is 2. The minimum atomic E-state index is -0.255. The summed E-state index contributed by atoms with van der Waals surface area (Å²) in [6, 6.07) is 12.2. The number of amides is 1. The fraction of sp³-hybridized carbons (Fsp3) is 0.0500. The Hall–Kier alpha value is -3.87. The topological polar surface area (TPSA) is 91.4 Å². The molecule has 0 aliphatic carbocycles. The second kappa shape index (κ2) is 5.84. The summed E-state index contributed by atoms with van der Waals surface area (Å²) in [5.41, 5.74) is 5.06. The van der Waals surface area contributed by atoms with Gasteiger partial charge in [0.25, 0.3) is 5.91 Å². The summed E-state index contributed by atoms with van der Waals surface area (Å²) in [5.74, 6) is -0.255. The van der Waals surface area contributed by atoms with Crippen molar-refractivity contribution in [2.75, 3.05) is 5.32 Å². The van der Waals surface area contributed by atoms with E-state index in [0.29, 0.717) is 11.4 Å². The monoisotopic (exact) mass is 356 g/mol. The van der Waals surface area contributed by atoms with Crippen LogP contribution in [0.2, 0.25) is 0 Å². The minimum absolute atomic E-state index is 0.255. The second-order valence-electron chi connectivity index (χ2n) is 6.48. The average molecular weight is 356 g/mol. The molecule has 0 unspecified atom stereocenters. The van der Waals surface area contributed by atoms with Crippen LogP contribution < -0.4 is 5.32 Å². The van der Waals surface area contributed by atoms with E-state index < -0.39 is 0 Å². The predicted molar refractivity (Wildman–Crippen MR) is 105 cm³/mol. The van der Waals surface area contributed by atoms with Crippen LogP contribution in [-0.2, 0) is 7.05 Å². The fourth-order valence-electron chi connectivity index (χ4n) is 3.36. The summed E-state index contributed by atoms with van der Waals surface area (Å²) in [6.45, 7) is 0. The van der Waals surface area contributed by atoms with Gasteiger partial charge in [0, 0.05) is 35.7 Å². The normalized spacial score (nSPS) is 11.3. The first-order valence-corrected chi connectivity index (χ1v) is 8.52. The number of imidazole rings is 1. The van der Waals surface area contributed by atoms with Crippen LogP contribution in [0.4, 0.5) is 5.69 Å². The molecular weight excluding hydrogens is 340 g/mol. The summed E-state index contributed by atoms with van der Waals surface area (Å²) in [6.07, 6.45) is 6.92. The summed E-state index contributed by atoms with van der Waals surface area (Å²) < 4.78 is 1.74. The van der Waals surface area contributed by atoms with E-state index in [1.54, 1.807) is 23.3 Å². The van der Waals surface area contributed by atoms with E-state index in [1.165, 1.54) is 0 Å². The molecular formula is C20H16N6O. The van der Waals surface area contributed by atoms with E-state index in [2.05, 4.69) is 31.5 Å². The lowest BCUT2D eigenvalue weighted by molar-refractivity contribution is 0.102. The lowest BCUT2D eigenvalue weighted by Crippen LogP contribution is -2.12. The maximum atomic E-state index is 12.6. The summed E-state index contributed by atoms with van der Waals surface area (Å²) >= 11 is 0. The number of anilines is 1. The molecule has 0 bridgehead atoms. The molecule has 7 nitrogen and oxygen atoms in total. The quantitative estimate of drug-likeness (QED) is 0.460. The molecule has 3 aromatic heterocycles. The smallest absolute Gasteiger partial charge is 0.275 e. The molecule has 132 valence electrons. The average Bonchev–Trinajstić information content (AvgIpc) is 3.41. The Labute approximate surface area is 154 Å². The first kappa shape index (κ1) is 15.4. The third kappa shape index (κ3) is 2.56. The number of nitrogens with zero attached hydrogens (tertiary/aromatic N) is 3. The number of fused-ring (bicyclic) bond motifs is 2. The zero-order valence-electron chi connectivity index (χ0n) is 14.5. The Balaban J connectivity index is 1.63. The van der Waals surface area contributed by atoms with Crippen molar-refractivity contribution in [1.29, 1.82) is 0 Å². The van der Waals surface area contributed by atoms with Gasteiger partial charge in [-0.3, -0.25) is 9.89 Å². The Bertz CT molecular complexity index is 1290. The SMILES string of the molecule is Cn1cnc(C(=O)Nc2cc(-c3cccc4[nH]ccc34)cc3[nH]ncc23)c1.